The van der Waals surface area contributed by atoms with E-state index < -0.39 is 25.2 Å². The van der Waals surface area contributed by atoms with Crippen LogP contribution in [0.5, 0.6) is 5.88 Å². The Labute approximate surface area is 135 Å². The summed E-state index contributed by atoms with van der Waals surface area (Å²) in [4.78, 5) is 9.38. The van der Waals surface area contributed by atoms with Crippen LogP contribution in [0.3, 0.4) is 0 Å². The standard InChI is InChI=1S/C13H15ClF3N5O/c1-6-10-11(21-20-6)18-13(14)19-12(10)23-8-2-3-22(4-7(8)15)5-9(16)17/h7-9H,2-5H2,1H3,(H,18,19,20,21). The van der Waals surface area contributed by atoms with Gasteiger partial charge in [0.1, 0.15) is 17.7 Å². The van der Waals surface area contributed by atoms with Gasteiger partial charge < -0.3 is 4.74 Å². The van der Waals surface area contributed by atoms with Gasteiger partial charge in [-0.2, -0.15) is 15.1 Å². The lowest BCUT2D eigenvalue weighted by molar-refractivity contribution is -0.00252. The van der Waals surface area contributed by atoms with Crippen molar-refractivity contribution in [2.75, 3.05) is 19.6 Å². The molecule has 0 saturated carbocycles. The van der Waals surface area contributed by atoms with E-state index in [1.165, 1.54) is 4.90 Å². The number of likely N-dealkylation sites (tertiary alicyclic amines) is 1. The molecular weight excluding hydrogens is 335 g/mol. The van der Waals surface area contributed by atoms with Crippen molar-refractivity contribution >= 4 is 22.6 Å². The maximum atomic E-state index is 14.2. The number of alkyl halides is 3. The van der Waals surface area contributed by atoms with Crippen molar-refractivity contribution in [2.24, 2.45) is 0 Å². The number of nitrogens with one attached hydrogen (secondary N) is 1. The molecule has 23 heavy (non-hydrogen) atoms. The van der Waals surface area contributed by atoms with Gasteiger partial charge in [0, 0.05) is 19.5 Å². The van der Waals surface area contributed by atoms with Crippen LogP contribution in [0.1, 0.15) is 12.1 Å². The molecule has 0 aliphatic carbocycles. The van der Waals surface area contributed by atoms with Crippen LogP contribution in [0.2, 0.25) is 5.28 Å². The number of hydrogen-bond donors (Lipinski definition) is 1. The molecule has 2 atom stereocenters. The minimum atomic E-state index is -2.48. The third kappa shape index (κ3) is 3.50. The third-order valence-corrected chi connectivity index (χ3v) is 3.93. The smallest absolute Gasteiger partial charge is 0.251 e. The van der Waals surface area contributed by atoms with Gasteiger partial charge >= 0.3 is 0 Å². The molecule has 0 radical (unpaired) electrons. The zero-order valence-corrected chi connectivity index (χ0v) is 13.0. The highest BCUT2D eigenvalue weighted by molar-refractivity contribution is 6.28. The molecule has 1 aliphatic rings. The van der Waals surface area contributed by atoms with Crippen molar-refractivity contribution in [1.29, 1.82) is 0 Å². The van der Waals surface area contributed by atoms with Crippen molar-refractivity contribution in [1.82, 2.24) is 25.1 Å². The van der Waals surface area contributed by atoms with Crippen molar-refractivity contribution < 1.29 is 17.9 Å². The Hall–Kier alpha value is -1.61. The summed E-state index contributed by atoms with van der Waals surface area (Å²) in [6.07, 6.45) is -4.35. The van der Waals surface area contributed by atoms with E-state index in [-0.39, 0.29) is 24.1 Å². The summed E-state index contributed by atoms with van der Waals surface area (Å²) in [5, 5.41) is 7.20. The monoisotopic (exact) mass is 349 g/mol. The Morgan fingerprint density at radius 3 is 2.91 bits per heavy atom. The second kappa shape index (κ2) is 6.48. The average Bonchev–Trinajstić information content (AvgIpc) is 2.82. The highest BCUT2D eigenvalue weighted by Gasteiger charge is 2.33. The Kier molecular flexibility index (Phi) is 4.58. The Bertz CT molecular complexity index is 698. The first kappa shape index (κ1) is 16.3. The molecule has 2 aromatic rings. The minimum Gasteiger partial charge on any atom is -0.471 e. The summed E-state index contributed by atoms with van der Waals surface area (Å²) in [6.45, 7) is 1.54. The van der Waals surface area contributed by atoms with Gasteiger partial charge in [0.2, 0.25) is 11.2 Å². The number of hydrogen-bond acceptors (Lipinski definition) is 5. The molecular formula is C13H15ClF3N5O. The van der Waals surface area contributed by atoms with Crippen LogP contribution >= 0.6 is 11.6 Å². The third-order valence-electron chi connectivity index (χ3n) is 3.76. The fourth-order valence-corrected chi connectivity index (χ4v) is 2.84. The maximum absolute atomic E-state index is 14.2. The normalized spacial score (nSPS) is 22.9. The second-order valence-electron chi connectivity index (χ2n) is 5.44. The number of nitrogens with zero attached hydrogens (tertiary/aromatic N) is 4. The van der Waals surface area contributed by atoms with E-state index in [0.29, 0.717) is 23.3 Å². The first-order valence-electron chi connectivity index (χ1n) is 7.13. The largest absolute Gasteiger partial charge is 0.471 e. The summed E-state index contributed by atoms with van der Waals surface area (Å²) >= 11 is 5.83. The molecule has 10 heteroatoms. The number of halogens is 4. The van der Waals surface area contributed by atoms with E-state index in [1.807, 2.05) is 0 Å². The van der Waals surface area contributed by atoms with E-state index in [0.717, 1.165) is 0 Å². The van der Waals surface area contributed by atoms with Gasteiger partial charge in [-0.1, -0.05) is 0 Å². The lowest BCUT2D eigenvalue weighted by atomic mass is 10.1. The zero-order valence-electron chi connectivity index (χ0n) is 12.3. The fourth-order valence-electron chi connectivity index (χ4n) is 2.68. The van der Waals surface area contributed by atoms with E-state index in [9.17, 15) is 13.2 Å². The molecule has 0 spiro atoms. The van der Waals surface area contributed by atoms with Crippen LogP contribution in [0.4, 0.5) is 13.2 Å². The zero-order chi connectivity index (χ0) is 16.6. The average molecular weight is 350 g/mol. The van der Waals surface area contributed by atoms with Crippen LogP contribution in [-0.2, 0) is 0 Å². The molecule has 1 N–H and O–H groups in total. The van der Waals surface area contributed by atoms with Crippen LogP contribution in [0.25, 0.3) is 11.0 Å². The molecule has 1 aliphatic heterocycles. The summed E-state index contributed by atoms with van der Waals surface area (Å²) in [6, 6.07) is 0. The molecule has 0 amide bonds. The number of rotatable bonds is 4. The highest BCUT2D eigenvalue weighted by atomic mass is 35.5. The van der Waals surface area contributed by atoms with Crippen molar-refractivity contribution in [3.8, 4) is 5.88 Å². The summed E-state index contributed by atoms with van der Waals surface area (Å²) in [5.74, 6) is 0.154. The quantitative estimate of drug-likeness (QED) is 0.858. The van der Waals surface area contributed by atoms with Crippen molar-refractivity contribution in [3.63, 3.8) is 0 Å². The number of aryl methyl sites for hydroxylation is 1. The van der Waals surface area contributed by atoms with Gasteiger partial charge in [0.05, 0.1) is 12.2 Å². The second-order valence-corrected chi connectivity index (χ2v) is 5.78. The van der Waals surface area contributed by atoms with Crippen molar-refractivity contribution in [2.45, 2.75) is 32.0 Å². The van der Waals surface area contributed by atoms with Gasteiger partial charge in [-0.05, 0) is 18.5 Å². The van der Waals surface area contributed by atoms with Gasteiger partial charge in [0.15, 0.2) is 5.65 Å². The van der Waals surface area contributed by atoms with Gasteiger partial charge in [-0.25, -0.2) is 13.2 Å². The minimum absolute atomic E-state index is 0.0401. The fraction of sp³-hybridized carbons (Fsp3) is 0.615. The van der Waals surface area contributed by atoms with Crippen LogP contribution in [0.15, 0.2) is 0 Å². The molecule has 1 saturated heterocycles. The van der Waals surface area contributed by atoms with Crippen LogP contribution in [-0.4, -0.2) is 63.4 Å². The van der Waals surface area contributed by atoms with Crippen molar-refractivity contribution in [3.05, 3.63) is 11.0 Å². The first-order valence-corrected chi connectivity index (χ1v) is 7.51. The molecule has 2 aromatic heterocycles. The number of piperidine rings is 1. The Morgan fingerprint density at radius 1 is 1.43 bits per heavy atom. The molecule has 3 rings (SSSR count). The molecule has 2 unspecified atom stereocenters. The Morgan fingerprint density at radius 2 is 2.22 bits per heavy atom. The summed E-state index contributed by atoms with van der Waals surface area (Å²) in [7, 11) is 0. The SMILES string of the molecule is Cc1n[nH]c2nc(Cl)nc(OC3CCN(CC(F)F)CC3F)c12. The number of aromatic amines is 1. The number of ether oxygens (including phenoxy) is 1. The molecule has 126 valence electrons. The van der Waals surface area contributed by atoms with Crippen LogP contribution in [0, 0.1) is 6.92 Å². The molecule has 0 aromatic carbocycles. The van der Waals surface area contributed by atoms with Gasteiger partial charge in [-0.15, -0.1) is 0 Å². The van der Waals surface area contributed by atoms with E-state index >= 15 is 0 Å². The highest BCUT2D eigenvalue weighted by Crippen LogP contribution is 2.28. The van der Waals surface area contributed by atoms with Gasteiger partial charge in [-0.3, -0.25) is 10.00 Å². The number of H-pyrrole nitrogens is 1. The molecule has 6 nitrogen and oxygen atoms in total. The lowest BCUT2D eigenvalue weighted by Crippen LogP contribution is -2.48. The van der Waals surface area contributed by atoms with E-state index in [1.54, 1.807) is 6.92 Å². The number of aromatic nitrogens is 4. The predicted molar refractivity (Wildman–Crippen MR) is 77.8 cm³/mol. The van der Waals surface area contributed by atoms with E-state index in [2.05, 4.69) is 20.2 Å². The topological polar surface area (TPSA) is 66.9 Å². The molecule has 3 heterocycles. The summed E-state index contributed by atoms with van der Waals surface area (Å²) < 4.78 is 44.7. The molecule has 1 fully saturated rings. The summed E-state index contributed by atoms with van der Waals surface area (Å²) in [5.41, 5.74) is 1.01. The first-order chi connectivity index (χ1) is 10.9. The number of fused-ring (bicyclic) bond motifs is 1. The van der Waals surface area contributed by atoms with Gasteiger partial charge in [0.25, 0.3) is 6.43 Å². The molecule has 0 bridgehead atoms. The van der Waals surface area contributed by atoms with E-state index in [4.69, 9.17) is 16.3 Å². The lowest BCUT2D eigenvalue weighted by Gasteiger charge is -2.34. The Balaban J connectivity index is 1.76. The maximum Gasteiger partial charge on any atom is 0.251 e. The van der Waals surface area contributed by atoms with Crippen LogP contribution < -0.4 is 4.74 Å². The predicted octanol–water partition coefficient (Wildman–Crippen LogP) is 2.37.